The van der Waals surface area contributed by atoms with Crippen molar-refractivity contribution in [2.75, 3.05) is 13.7 Å². The molecule has 3 N–H and O–H groups in total. The monoisotopic (exact) mass is 352 g/mol. The highest BCUT2D eigenvalue weighted by molar-refractivity contribution is 5.89. The Hall–Kier alpha value is -2.61. The summed E-state index contributed by atoms with van der Waals surface area (Å²) in [5.41, 5.74) is 0.785. The molecule has 0 radical (unpaired) electrons. The minimum Gasteiger partial charge on any atom is -0.467 e. The van der Waals surface area contributed by atoms with Crippen molar-refractivity contribution in [2.45, 2.75) is 32.5 Å². The van der Waals surface area contributed by atoms with Crippen LogP contribution in [0.1, 0.15) is 19.4 Å². The lowest BCUT2D eigenvalue weighted by atomic mass is 10.0. The van der Waals surface area contributed by atoms with E-state index in [9.17, 15) is 19.5 Å². The van der Waals surface area contributed by atoms with Gasteiger partial charge in [-0.15, -0.1) is 0 Å². The molecule has 1 aromatic carbocycles. The Morgan fingerprint density at radius 3 is 2.28 bits per heavy atom. The first kappa shape index (κ1) is 20.4. The smallest absolute Gasteiger partial charge is 0.408 e. The molecule has 25 heavy (non-hydrogen) atoms. The van der Waals surface area contributed by atoms with E-state index in [1.807, 2.05) is 6.07 Å². The summed E-state index contributed by atoms with van der Waals surface area (Å²) in [6.07, 6.45) is -0.850. The summed E-state index contributed by atoms with van der Waals surface area (Å²) in [7, 11) is 1.21. The predicted octanol–water partition coefficient (Wildman–Crippen LogP) is 0.588. The second kappa shape index (κ2) is 10.3. The average molecular weight is 352 g/mol. The van der Waals surface area contributed by atoms with Crippen molar-refractivity contribution in [1.82, 2.24) is 10.6 Å². The van der Waals surface area contributed by atoms with Gasteiger partial charge in [0.2, 0.25) is 5.91 Å². The molecule has 0 saturated heterocycles. The summed E-state index contributed by atoms with van der Waals surface area (Å²) >= 11 is 0. The maximum Gasteiger partial charge on any atom is 0.408 e. The molecule has 0 unspecified atom stereocenters. The summed E-state index contributed by atoms with van der Waals surface area (Å²) in [6.45, 7) is 2.86. The number of benzene rings is 1. The van der Waals surface area contributed by atoms with Crippen molar-refractivity contribution in [3.8, 4) is 0 Å². The third-order valence-electron chi connectivity index (χ3n) is 3.42. The van der Waals surface area contributed by atoms with Crippen molar-refractivity contribution in [3.63, 3.8) is 0 Å². The van der Waals surface area contributed by atoms with E-state index in [1.165, 1.54) is 7.11 Å². The molecule has 0 fully saturated rings. The highest BCUT2D eigenvalue weighted by Gasteiger charge is 2.29. The van der Waals surface area contributed by atoms with Crippen molar-refractivity contribution in [3.05, 3.63) is 35.9 Å². The first-order chi connectivity index (χ1) is 11.9. The molecular weight excluding hydrogens is 328 g/mol. The summed E-state index contributed by atoms with van der Waals surface area (Å²) < 4.78 is 9.63. The van der Waals surface area contributed by atoms with Crippen LogP contribution in [0, 0.1) is 5.92 Å². The fourth-order valence-corrected chi connectivity index (χ4v) is 1.98. The van der Waals surface area contributed by atoms with E-state index in [4.69, 9.17) is 4.74 Å². The van der Waals surface area contributed by atoms with Gasteiger partial charge in [-0.2, -0.15) is 0 Å². The highest BCUT2D eigenvalue weighted by atomic mass is 16.5. The minimum atomic E-state index is -1.24. The van der Waals surface area contributed by atoms with Crippen LogP contribution in [0.3, 0.4) is 0 Å². The van der Waals surface area contributed by atoms with E-state index in [-0.39, 0.29) is 12.5 Å². The number of ether oxygens (including phenoxy) is 2. The molecule has 0 aliphatic carbocycles. The Morgan fingerprint density at radius 1 is 1.12 bits per heavy atom. The summed E-state index contributed by atoms with van der Waals surface area (Å²) in [6, 6.07) is 6.89. The van der Waals surface area contributed by atoms with Crippen LogP contribution in [0.2, 0.25) is 0 Å². The third-order valence-corrected chi connectivity index (χ3v) is 3.42. The number of esters is 1. The lowest BCUT2D eigenvalue weighted by Crippen LogP contribution is -2.54. The molecule has 0 bridgehead atoms. The number of alkyl carbamates (subject to hydrolysis) is 1. The SMILES string of the molecule is COC(=O)[C@H](NC(=O)[C@H](CO)NC(=O)OCc1ccccc1)C(C)C. The van der Waals surface area contributed by atoms with E-state index >= 15 is 0 Å². The Kier molecular flexibility index (Phi) is 8.42. The van der Waals surface area contributed by atoms with Gasteiger partial charge in [0, 0.05) is 0 Å². The lowest BCUT2D eigenvalue weighted by Gasteiger charge is -2.23. The van der Waals surface area contributed by atoms with Gasteiger partial charge in [-0.05, 0) is 11.5 Å². The Morgan fingerprint density at radius 2 is 1.76 bits per heavy atom. The first-order valence-corrected chi connectivity index (χ1v) is 7.85. The van der Waals surface area contributed by atoms with Gasteiger partial charge in [-0.25, -0.2) is 9.59 Å². The number of hydrogen-bond acceptors (Lipinski definition) is 6. The van der Waals surface area contributed by atoms with Gasteiger partial charge in [0.15, 0.2) is 0 Å². The second-order valence-corrected chi connectivity index (χ2v) is 5.69. The molecule has 0 spiro atoms. The van der Waals surface area contributed by atoms with Crippen LogP contribution in [0.15, 0.2) is 30.3 Å². The molecule has 138 valence electrons. The van der Waals surface area contributed by atoms with Gasteiger partial charge in [-0.3, -0.25) is 4.79 Å². The van der Waals surface area contributed by atoms with Gasteiger partial charge in [0.25, 0.3) is 0 Å². The molecule has 0 aliphatic rings. The molecule has 0 aliphatic heterocycles. The molecule has 0 heterocycles. The van der Waals surface area contributed by atoms with E-state index in [0.717, 1.165) is 5.56 Å². The van der Waals surface area contributed by atoms with Crippen LogP contribution in [0.5, 0.6) is 0 Å². The Labute approximate surface area is 146 Å². The molecular formula is C17H24N2O6. The largest absolute Gasteiger partial charge is 0.467 e. The number of methoxy groups -OCH3 is 1. The third kappa shape index (κ3) is 6.80. The van der Waals surface area contributed by atoms with Gasteiger partial charge >= 0.3 is 12.1 Å². The fraction of sp³-hybridized carbons (Fsp3) is 0.471. The molecule has 2 atom stereocenters. The molecule has 1 aromatic rings. The van der Waals surface area contributed by atoms with Crippen molar-refractivity contribution >= 4 is 18.0 Å². The quantitative estimate of drug-likeness (QED) is 0.590. The standard InChI is InChI=1S/C17H24N2O6/c1-11(2)14(16(22)24-3)19-15(21)13(9-20)18-17(23)25-10-12-7-5-4-6-8-12/h4-8,11,13-14,20H,9-10H2,1-3H3,(H,18,23)(H,19,21)/t13-,14+/m0/s1. The summed E-state index contributed by atoms with van der Waals surface area (Å²) in [5, 5.41) is 14.0. The zero-order valence-corrected chi connectivity index (χ0v) is 14.5. The highest BCUT2D eigenvalue weighted by Crippen LogP contribution is 2.05. The zero-order valence-electron chi connectivity index (χ0n) is 14.5. The van der Waals surface area contributed by atoms with Gasteiger partial charge in [0.1, 0.15) is 18.7 Å². The van der Waals surface area contributed by atoms with Crippen LogP contribution < -0.4 is 10.6 Å². The predicted molar refractivity (Wildman–Crippen MR) is 89.4 cm³/mol. The maximum absolute atomic E-state index is 12.2. The number of rotatable bonds is 8. The molecule has 8 heteroatoms. The number of aliphatic hydroxyl groups excluding tert-OH is 1. The van der Waals surface area contributed by atoms with E-state index in [1.54, 1.807) is 38.1 Å². The number of carbonyl (C=O) groups is 3. The van der Waals surface area contributed by atoms with Crippen molar-refractivity contribution < 1.29 is 29.0 Å². The Bertz CT molecular complexity index is 576. The van der Waals surface area contributed by atoms with Gasteiger partial charge in [0.05, 0.1) is 13.7 Å². The van der Waals surface area contributed by atoms with Crippen LogP contribution in [-0.2, 0) is 25.7 Å². The second-order valence-electron chi connectivity index (χ2n) is 5.69. The van der Waals surface area contributed by atoms with Crippen LogP contribution >= 0.6 is 0 Å². The molecule has 2 amide bonds. The normalized spacial score (nSPS) is 12.8. The molecule has 0 aromatic heterocycles. The van der Waals surface area contributed by atoms with Crippen LogP contribution in [0.25, 0.3) is 0 Å². The molecule has 8 nitrogen and oxygen atoms in total. The zero-order chi connectivity index (χ0) is 18.8. The number of aliphatic hydroxyl groups is 1. The number of amides is 2. The van der Waals surface area contributed by atoms with E-state index < -0.39 is 36.7 Å². The van der Waals surface area contributed by atoms with Crippen molar-refractivity contribution in [2.24, 2.45) is 5.92 Å². The summed E-state index contributed by atoms with van der Waals surface area (Å²) in [4.78, 5) is 35.6. The lowest BCUT2D eigenvalue weighted by molar-refractivity contribution is -0.146. The average Bonchev–Trinajstić information content (AvgIpc) is 2.62. The maximum atomic E-state index is 12.2. The van der Waals surface area contributed by atoms with Gasteiger partial charge in [-0.1, -0.05) is 44.2 Å². The number of hydrogen-bond donors (Lipinski definition) is 3. The first-order valence-electron chi connectivity index (χ1n) is 7.85. The van der Waals surface area contributed by atoms with Crippen LogP contribution in [0.4, 0.5) is 4.79 Å². The number of carbonyl (C=O) groups excluding carboxylic acids is 3. The molecule has 1 rings (SSSR count). The minimum absolute atomic E-state index is 0.0310. The van der Waals surface area contributed by atoms with Crippen molar-refractivity contribution in [1.29, 1.82) is 0 Å². The van der Waals surface area contributed by atoms with Gasteiger partial charge < -0.3 is 25.2 Å². The van der Waals surface area contributed by atoms with E-state index in [2.05, 4.69) is 15.4 Å². The Balaban J connectivity index is 2.57. The number of nitrogens with one attached hydrogen (secondary N) is 2. The van der Waals surface area contributed by atoms with E-state index in [0.29, 0.717) is 0 Å². The molecule has 0 saturated carbocycles. The summed E-state index contributed by atoms with van der Waals surface area (Å²) in [5.74, 6) is -1.53. The van der Waals surface area contributed by atoms with Crippen LogP contribution in [-0.4, -0.2) is 48.9 Å². The topological polar surface area (TPSA) is 114 Å². The fourth-order valence-electron chi connectivity index (χ4n) is 1.98.